The molecule has 2 aliphatic rings. The lowest BCUT2D eigenvalue weighted by atomic mass is 9.93. The Labute approximate surface area is 142 Å². The van der Waals surface area contributed by atoms with Gasteiger partial charge in [0.2, 0.25) is 16.3 Å². The molecule has 1 aromatic carbocycles. The summed E-state index contributed by atoms with van der Waals surface area (Å²) in [6.45, 7) is 4.38. The number of aryl methyl sites for hydroxylation is 1. The Morgan fingerprint density at radius 3 is 2.67 bits per heavy atom. The lowest BCUT2D eigenvalue weighted by Crippen LogP contribution is -2.51. The molecule has 6 nitrogen and oxygen atoms in total. The van der Waals surface area contributed by atoms with Crippen LogP contribution in [0.3, 0.4) is 0 Å². The van der Waals surface area contributed by atoms with Crippen molar-refractivity contribution in [3.8, 4) is 0 Å². The minimum Gasteiger partial charge on any atom is -0.472 e. The number of Topliss-reactive ketones (excluding diaryl/α,β-unsaturated/α-hetero) is 1. The van der Waals surface area contributed by atoms with Crippen molar-refractivity contribution in [1.29, 1.82) is 0 Å². The van der Waals surface area contributed by atoms with E-state index in [1.165, 1.54) is 10.6 Å². The van der Waals surface area contributed by atoms with Crippen LogP contribution in [0.25, 0.3) is 0 Å². The highest BCUT2D eigenvalue weighted by molar-refractivity contribution is 7.89. The van der Waals surface area contributed by atoms with E-state index >= 15 is 0 Å². The van der Waals surface area contributed by atoms with E-state index in [2.05, 4.69) is 0 Å². The average Bonchev–Trinajstić information content (AvgIpc) is 2.55. The minimum atomic E-state index is -3.68. The first-order chi connectivity index (χ1) is 11.4. The Hall–Kier alpha value is -1.70. The molecule has 7 heteroatoms. The van der Waals surface area contributed by atoms with Gasteiger partial charge in [0, 0.05) is 31.6 Å². The van der Waals surface area contributed by atoms with E-state index in [1.54, 1.807) is 24.3 Å². The molecule has 0 unspecified atom stereocenters. The number of nitrogens with zero attached hydrogens (tertiary/aromatic N) is 1. The molecule has 0 bridgehead atoms. The van der Waals surface area contributed by atoms with Crippen LogP contribution in [0.1, 0.15) is 25.3 Å². The summed E-state index contributed by atoms with van der Waals surface area (Å²) in [6.07, 6.45) is 1.31. The second-order valence-electron chi connectivity index (χ2n) is 5.95. The molecular weight excluding hydrogens is 330 g/mol. The van der Waals surface area contributed by atoms with Gasteiger partial charge in [0.05, 0.1) is 17.2 Å². The molecule has 2 heterocycles. The lowest BCUT2D eigenvalue weighted by molar-refractivity contribution is -0.131. The van der Waals surface area contributed by atoms with Gasteiger partial charge in [-0.3, -0.25) is 4.79 Å². The van der Waals surface area contributed by atoms with E-state index in [4.69, 9.17) is 9.47 Å². The molecule has 0 radical (unpaired) electrons. The van der Waals surface area contributed by atoms with Crippen molar-refractivity contribution >= 4 is 15.8 Å². The molecule has 1 fully saturated rings. The highest BCUT2D eigenvalue weighted by Crippen LogP contribution is 2.33. The predicted molar refractivity (Wildman–Crippen MR) is 87.7 cm³/mol. The molecule has 0 amide bonds. The van der Waals surface area contributed by atoms with Crippen LogP contribution in [-0.4, -0.2) is 44.0 Å². The zero-order valence-electron chi connectivity index (χ0n) is 13.8. The Balaban J connectivity index is 1.94. The summed E-state index contributed by atoms with van der Waals surface area (Å²) in [5.74, 6) is -0.0645. The Kier molecular flexibility index (Phi) is 4.76. The van der Waals surface area contributed by atoms with Crippen molar-refractivity contribution in [2.75, 3.05) is 13.2 Å². The maximum Gasteiger partial charge on any atom is 0.243 e. The summed E-state index contributed by atoms with van der Waals surface area (Å²) >= 11 is 0. The highest BCUT2D eigenvalue weighted by Gasteiger charge is 2.43. The summed E-state index contributed by atoms with van der Waals surface area (Å²) < 4.78 is 38.3. The topological polar surface area (TPSA) is 72.9 Å². The number of carbonyl (C=O) groups excluding carboxylic acids is 1. The van der Waals surface area contributed by atoms with Crippen LogP contribution in [0.15, 0.2) is 41.0 Å². The third-order valence-corrected chi connectivity index (χ3v) is 6.25. The number of piperidine rings is 1. The van der Waals surface area contributed by atoms with Crippen LogP contribution in [-0.2, 0) is 24.3 Å². The molecule has 1 saturated heterocycles. The molecule has 3 rings (SSSR count). The van der Waals surface area contributed by atoms with Crippen molar-refractivity contribution in [3.05, 3.63) is 41.7 Å². The van der Waals surface area contributed by atoms with Crippen LogP contribution in [0.4, 0.5) is 0 Å². The van der Waals surface area contributed by atoms with Crippen molar-refractivity contribution in [3.63, 3.8) is 0 Å². The number of fused-ring (bicyclic) bond motifs is 1. The highest BCUT2D eigenvalue weighted by atomic mass is 32.2. The normalized spacial score (nSPS) is 24.9. The minimum absolute atomic E-state index is 0.0645. The number of benzene rings is 1. The molecule has 130 valence electrons. The summed E-state index contributed by atoms with van der Waals surface area (Å²) in [5.41, 5.74) is 1.40. The van der Waals surface area contributed by atoms with Gasteiger partial charge in [-0.1, -0.05) is 17.7 Å². The van der Waals surface area contributed by atoms with Gasteiger partial charge >= 0.3 is 0 Å². The van der Waals surface area contributed by atoms with Gasteiger partial charge in [0.1, 0.15) is 0 Å². The van der Waals surface area contributed by atoms with E-state index in [0.717, 1.165) is 5.56 Å². The number of ketones is 1. The summed E-state index contributed by atoms with van der Waals surface area (Å²) in [7, 11) is -3.68. The maximum atomic E-state index is 13.0. The van der Waals surface area contributed by atoms with Gasteiger partial charge in [-0.25, -0.2) is 8.42 Å². The third-order valence-electron chi connectivity index (χ3n) is 4.33. The van der Waals surface area contributed by atoms with Crippen LogP contribution in [0.2, 0.25) is 0 Å². The van der Waals surface area contributed by atoms with Crippen LogP contribution >= 0.6 is 0 Å². The Morgan fingerprint density at radius 2 is 2.00 bits per heavy atom. The first-order valence-corrected chi connectivity index (χ1v) is 9.46. The first-order valence-electron chi connectivity index (χ1n) is 8.02. The van der Waals surface area contributed by atoms with E-state index in [0.29, 0.717) is 18.6 Å². The molecule has 0 saturated carbocycles. The average molecular weight is 351 g/mol. The van der Waals surface area contributed by atoms with Gasteiger partial charge < -0.3 is 9.47 Å². The van der Waals surface area contributed by atoms with E-state index in [-0.39, 0.29) is 23.6 Å². The summed E-state index contributed by atoms with van der Waals surface area (Å²) in [4.78, 5) is 12.4. The Bertz CT molecular complexity index is 754. The SMILES string of the molecule is CCO[C@H]1C[C@H]2C(=CO1)C(=O)CCN2S(=O)(=O)c1ccc(C)cc1. The molecule has 0 aromatic heterocycles. The molecule has 2 aliphatic heterocycles. The van der Waals surface area contributed by atoms with Crippen LogP contribution < -0.4 is 0 Å². The Morgan fingerprint density at radius 1 is 1.29 bits per heavy atom. The molecule has 0 spiro atoms. The van der Waals surface area contributed by atoms with E-state index < -0.39 is 22.4 Å². The molecule has 1 aromatic rings. The van der Waals surface area contributed by atoms with E-state index in [1.807, 2.05) is 13.8 Å². The molecular formula is C17H21NO5S. The predicted octanol–water partition coefficient (Wildman–Crippen LogP) is 1.99. The number of carbonyl (C=O) groups is 1. The zero-order valence-corrected chi connectivity index (χ0v) is 14.6. The van der Waals surface area contributed by atoms with Crippen molar-refractivity contribution in [1.82, 2.24) is 4.31 Å². The largest absolute Gasteiger partial charge is 0.472 e. The molecule has 0 N–H and O–H groups in total. The van der Waals surface area contributed by atoms with Crippen molar-refractivity contribution in [2.24, 2.45) is 0 Å². The number of hydrogen-bond acceptors (Lipinski definition) is 5. The van der Waals surface area contributed by atoms with E-state index in [9.17, 15) is 13.2 Å². The van der Waals surface area contributed by atoms with Gasteiger partial charge in [-0.05, 0) is 26.0 Å². The van der Waals surface area contributed by atoms with Gasteiger partial charge in [0.15, 0.2) is 5.78 Å². The fourth-order valence-electron chi connectivity index (χ4n) is 3.06. The summed E-state index contributed by atoms with van der Waals surface area (Å²) in [6, 6.07) is 6.20. The molecule has 24 heavy (non-hydrogen) atoms. The van der Waals surface area contributed by atoms with Gasteiger partial charge in [-0.2, -0.15) is 4.31 Å². The van der Waals surface area contributed by atoms with Crippen molar-refractivity contribution in [2.45, 2.75) is 43.9 Å². The van der Waals surface area contributed by atoms with Gasteiger partial charge in [-0.15, -0.1) is 0 Å². The fourth-order valence-corrected chi connectivity index (χ4v) is 4.67. The lowest BCUT2D eigenvalue weighted by Gasteiger charge is -2.39. The second kappa shape index (κ2) is 6.66. The number of hydrogen-bond donors (Lipinski definition) is 0. The number of sulfonamides is 1. The fraction of sp³-hybridized carbons (Fsp3) is 0.471. The van der Waals surface area contributed by atoms with Crippen molar-refractivity contribution < 1.29 is 22.7 Å². The molecule has 0 aliphatic carbocycles. The van der Waals surface area contributed by atoms with Gasteiger partial charge in [0.25, 0.3) is 0 Å². The molecule has 2 atom stereocenters. The standard InChI is InChI=1S/C17H21NO5S/c1-3-22-17-10-15-14(11-23-17)16(19)8-9-18(15)24(20,21)13-6-4-12(2)5-7-13/h4-7,11,15,17H,3,8-10H2,1-2H3/t15-,17+/m0/s1. The second-order valence-corrected chi connectivity index (χ2v) is 7.84. The zero-order chi connectivity index (χ0) is 17.3. The van der Waals surface area contributed by atoms with Crippen LogP contribution in [0, 0.1) is 6.92 Å². The maximum absolute atomic E-state index is 13.0. The van der Waals surface area contributed by atoms with Crippen LogP contribution in [0.5, 0.6) is 0 Å². The number of ether oxygens (including phenoxy) is 2. The first kappa shape index (κ1) is 17.1. The quantitative estimate of drug-likeness (QED) is 0.829. The summed E-state index contributed by atoms with van der Waals surface area (Å²) in [5, 5.41) is 0. The smallest absolute Gasteiger partial charge is 0.243 e. The monoisotopic (exact) mass is 351 g/mol. The third kappa shape index (κ3) is 3.11. The number of rotatable bonds is 4.